The largest absolute Gasteiger partial charge is 0.389 e. The average Bonchev–Trinajstić information content (AvgIpc) is 2.53. The van der Waals surface area contributed by atoms with Gasteiger partial charge in [0.2, 0.25) is 0 Å². The van der Waals surface area contributed by atoms with Crippen molar-refractivity contribution in [3.63, 3.8) is 0 Å². The summed E-state index contributed by atoms with van der Waals surface area (Å²) in [7, 11) is 0. The molecule has 3 heteroatoms. The van der Waals surface area contributed by atoms with Crippen LogP contribution in [0.3, 0.4) is 0 Å². The van der Waals surface area contributed by atoms with E-state index in [4.69, 9.17) is 0 Å². The number of hydrogen-bond acceptors (Lipinski definition) is 3. The number of hydrogen-bond donors (Lipinski definition) is 2. The second-order valence-electron chi connectivity index (χ2n) is 4.34. The molecule has 0 spiro atoms. The lowest BCUT2D eigenvalue weighted by Gasteiger charge is -2.24. The van der Waals surface area contributed by atoms with Gasteiger partial charge in [-0.25, -0.2) is 0 Å². The van der Waals surface area contributed by atoms with E-state index in [0.29, 0.717) is 12.6 Å². The van der Waals surface area contributed by atoms with Gasteiger partial charge in [-0.1, -0.05) is 13.8 Å². The first-order chi connectivity index (χ1) is 6.49. The highest BCUT2D eigenvalue weighted by atomic mass is 32.1. The summed E-state index contributed by atoms with van der Waals surface area (Å²) in [6.45, 7) is 6.68. The maximum atomic E-state index is 10.1. The molecule has 1 aromatic heterocycles. The van der Waals surface area contributed by atoms with Crippen LogP contribution in [-0.2, 0) is 6.42 Å². The molecule has 0 amide bonds. The minimum absolute atomic E-state index is 0.420. The van der Waals surface area contributed by atoms with Crippen LogP contribution in [0.4, 0.5) is 0 Å². The molecule has 0 aliphatic rings. The van der Waals surface area contributed by atoms with Gasteiger partial charge in [-0.15, -0.1) is 0 Å². The highest BCUT2D eigenvalue weighted by Crippen LogP contribution is 2.15. The number of thiophene rings is 1. The Kier molecular flexibility index (Phi) is 4.11. The van der Waals surface area contributed by atoms with E-state index in [0.717, 1.165) is 6.42 Å². The van der Waals surface area contributed by atoms with Gasteiger partial charge in [-0.3, -0.25) is 0 Å². The molecule has 1 aromatic rings. The summed E-state index contributed by atoms with van der Waals surface area (Å²) in [5, 5.41) is 17.5. The van der Waals surface area contributed by atoms with E-state index in [9.17, 15) is 5.11 Å². The van der Waals surface area contributed by atoms with Crippen molar-refractivity contribution in [3.05, 3.63) is 22.4 Å². The zero-order valence-electron chi connectivity index (χ0n) is 9.08. The van der Waals surface area contributed by atoms with Gasteiger partial charge in [0.15, 0.2) is 0 Å². The molecular formula is C11H19NOS. The van der Waals surface area contributed by atoms with Crippen LogP contribution in [0.15, 0.2) is 16.8 Å². The van der Waals surface area contributed by atoms with E-state index in [1.807, 2.05) is 12.3 Å². The van der Waals surface area contributed by atoms with Crippen LogP contribution >= 0.6 is 11.3 Å². The molecular weight excluding hydrogens is 194 g/mol. The Morgan fingerprint density at radius 3 is 2.79 bits per heavy atom. The Morgan fingerprint density at radius 1 is 1.57 bits per heavy atom. The van der Waals surface area contributed by atoms with Crippen LogP contribution in [0.5, 0.6) is 0 Å². The maximum absolute atomic E-state index is 10.1. The third-order valence-corrected chi connectivity index (χ3v) is 2.79. The monoisotopic (exact) mass is 213 g/mol. The van der Waals surface area contributed by atoms with Gasteiger partial charge in [-0.2, -0.15) is 11.3 Å². The van der Waals surface area contributed by atoms with Crippen LogP contribution in [0.25, 0.3) is 0 Å². The predicted molar refractivity (Wildman–Crippen MR) is 61.8 cm³/mol. The van der Waals surface area contributed by atoms with E-state index < -0.39 is 5.60 Å². The second kappa shape index (κ2) is 4.91. The Hall–Kier alpha value is -0.380. The summed E-state index contributed by atoms with van der Waals surface area (Å²) in [5.41, 5.74) is 0.566. The fourth-order valence-corrected chi connectivity index (χ4v) is 1.99. The van der Waals surface area contributed by atoms with Crippen LogP contribution in [0, 0.1) is 0 Å². The molecule has 1 unspecified atom stereocenters. The summed E-state index contributed by atoms with van der Waals surface area (Å²) in [5.74, 6) is 0. The van der Waals surface area contributed by atoms with Gasteiger partial charge >= 0.3 is 0 Å². The van der Waals surface area contributed by atoms with E-state index >= 15 is 0 Å². The standard InChI is InChI=1S/C11H19NOS/c1-9(2)12-8-11(3,13)6-10-4-5-14-7-10/h4-5,7,9,12-13H,6,8H2,1-3H3. The van der Waals surface area contributed by atoms with E-state index in [1.54, 1.807) is 11.3 Å². The predicted octanol–water partition coefficient (Wildman–Crippen LogP) is 2.04. The van der Waals surface area contributed by atoms with E-state index in [2.05, 4.69) is 30.6 Å². The quantitative estimate of drug-likeness (QED) is 0.784. The number of rotatable bonds is 5. The summed E-state index contributed by atoms with van der Waals surface area (Å²) in [4.78, 5) is 0. The molecule has 2 nitrogen and oxygen atoms in total. The molecule has 14 heavy (non-hydrogen) atoms. The van der Waals surface area contributed by atoms with Crippen LogP contribution in [-0.4, -0.2) is 23.3 Å². The third-order valence-electron chi connectivity index (χ3n) is 2.06. The van der Waals surface area contributed by atoms with Crippen molar-refractivity contribution in [2.75, 3.05) is 6.54 Å². The summed E-state index contributed by atoms with van der Waals surface area (Å²) < 4.78 is 0. The molecule has 0 saturated carbocycles. The fourth-order valence-electron chi connectivity index (χ4n) is 1.32. The molecule has 0 aliphatic heterocycles. The topological polar surface area (TPSA) is 32.3 Å². The SMILES string of the molecule is CC(C)NCC(C)(O)Cc1ccsc1. The van der Waals surface area contributed by atoms with Gasteiger partial charge in [0.1, 0.15) is 0 Å². The average molecular weight is 213 g/mol. The van der Waals surface area contributed by atoms with E-state index in [-0.39, 0.29) is 0 Å². The normalized spacial score (nSPS) is 15.8. The van der Waals surface area contributed by atoms with Crippen LogP contribution in [0.2, 0.25) is 0 Å². The van der Waals surface area contributed by atoms with Crippen molar-refractivity contribution >= 4 is 11.3 Å². The lowest BCUT2D eigenvalue weighted by molar-refractivity contribution is 0.0582. The van der Waals surface area contributed by atoms with Gasteiger partial charge in [-0.05, 0) is 29.3 Å². The number of aliphatic hydroxyl groups is 1. The Bertz CT molecular complexity index is 254. The lowest BCUT2D eigenvalue weighted by atomic mass is 9.98. The van der Waals surface area contributed by atoms with Crippen LogP contribution in [0.1, 0.15) is 26.3 Å². The Morgan fingerprint density at radius 2 is 2.29 bits per heavy atom. The zero-order valence-corrected chi connectivity index (χ0v) is 9.90. The van der Waals surface area contributed by atoms with Crippen LogP contribution < -0.4 is 5.32 Å². The molecule has 0 fully saturated rings. The van der Waals surface area contributed by atoms with Crippen molar-refractivity contribution in [2.45, 2.75) is 38.8 Å². The molecule has 0 radical (unpaired) electrons. The van der Waals surface area contributed by atoms with Crippen molar-refractivity contribution in [1.82, 2.24) is 5.32 Å². The first kappa shape index (κ1) is 11.7. The molecule has 0 bridgehead atoms. The lowest BCUT2D eigenvalue weighted by Crippen LogP contribution is -2.42. The van der Waals surface area contributed by atoms with E-state index in [1.165, 1.54) is 5.56 Å². The summed E-state index contributed by atoms with van der Waals surface area (Å²) in [6, 6.07) is 2.48. The number of nitrogens with one attached hydrogen (secondary N) is 1. The molecule has 1 atom stereocenters. The molecule has 2 N–H and O–H groups in total. The maximum Gasteiger partial charge on any atom is 0.0784 e. The Labute approximate surface area is 90.0 Å². The smallest absolute Gasteiger partial charge is 0.0784 e. The van der Waals surface area contributed by atoms with Crippen molar-refractivity contribution in [1.29, 1.82) is 0 Å². The summed E-state index contributed by atoms with van der Waals surface area (Å²) in [6.07, 6.45) is 0.718. The van der Waals surface area contributed by atoms with Gasteiger partial charge < -0.3 is 10.4 Å². The molecule has 0 aromatic carbocycles. The van der Waals surface area contributed by atoms with Gasteiger partial charge in [0.05, 0.1) is 5.60 Å². The first-order valence-corrected chi connectivity index (χ1v) is 5.91. The molecule has 0 saturated heterocycles. The highest BCUT2D eigenvalue weighted by Gasteiger charge is 2.20. The molecule has 1 rings (SSSR count). The van der Waals surface area contributed by atoms with Gasteiger partial charge in [0.25, 0.3) is 0 Å². The minimum atomic E-state index is -0.647. The summed E-state index contributed by atoms with van der Waals surface area (Å²) >= 11 is 1.67. The third kappa shape index (κ3) is 4.22. The molecule has 0 aliphatic carbocycles. The Balaban J connectivity index is 2.41. The van der Waals surface area contributed by atoms with Gasteiger partial charge in [0, 0.05) is 19.0 Å². The van der Waals surface area contributed by atoms with Crippen molar-refractivity contribution in [2.24, 2.45) is 0 Å². The van der Waals surface area contributed by atoms with Crippen molar-refractivity contribution in [3.8, 4) is 0 Å². The van der Waals surface area contributed by atoms with Crippen molar-refractivity contribution < 1.29 is 5.11 Å². The zero-order chi connectivity index (χ0) is 10.6. The highest BCUT2D eigenvalue weighted by molar-refractivity contribution is 7.07. The molecule has 80 valence electrons. The molecule has 1 heterocycles. The second-order valence-corrected chi connectivity index (χ2v) is 5.12. The first-order valence-electron chi connectivity index (χ1n) is 4.96. The fraction of sp³-hybridized carbons (Fsp3) is 0.636. The minimum Gasteiger partial charge on any atom is -0.389 e.